The molecule has 0 bridgehead atoms. The molecule has 1 aromatic carbocycles. The van der Waals surface area contributed by atoms with Crippen LogP contribution in [0, 0.1) is 0 Å². The summed E-state index contributed by atoms with van der Waals surface area (Å²) in [5, 5.41) is 3.68. The van der Waals surface area contributed by atoms with E-state index in [2.05, 4.69) is 15.3 Å². The minimum absolute atomic E-state index is 0.346. The zero-order chi connectivity index (χ0) is 13.8. The predicted octanol–water partition coefficient (Wildman–Crippen LogP) is 3.54. The molecule has 2 aromatic rings. The fraction of sp³-hybridized carbons (Fsp3) is 0.167. The Hall–Kier alpha value is -1.72. The van der Waals surface area contributed by atoms with Crippen molar-refractivity contribution in [2.75, 3.05) is 19.5 Å². The van der Waals surface area contributed by atoms with Crippen LogP contribution in [0.5, 0.6) is 11.5 Å². The minimum Gasteiger partial charge on any atom is -0.495 e. The topological polar surface area (TPSA) is 56.3 Å². The first-order valence-electron chi connectivity index (χ1n) is 5.30. The predicted molar refractivity (Wildman–Crippen MR) is 74.9 cm³/mol. The fourth-order valence-corrected chi connectivity index (χ4v) is 2.08. The van der Waals surface area contributed by atoms with Gasteiger partial charge in [0.2, 0.25) is 0 Å². The molecule has 1 N–H and O–H groups in total. The molecule has 0 spiro atoms. The fourth-order valence-electron chi connectivity index (χ4n) is 1.49. The van der Waals surface area contributed by atoms with Crippen LogP contribution in [-0.4, -0.2) is 24.2 Å². The maximum Gasteiger partial charge on any atom is 0.148 e. The molecule has 0 aliphatic rings. The van der Waals surface area contributed by atoms with Crippen LogP contribution in [0.2, 0.25) is 10.0 Å². The van der Waals surface area contributed by atoms with Gasteiger partial charge in [-0.05, 0) is 0 Å². The van der Waals surface area contributed by atoms with Gasteiger partial charge < -0.3 is 14.8 Å². The van der Waals surface area contributed by atoms with Crippen molar-refractivity contribution >= 4 is 34.7 Å². The van der Waals surface area contributed by atoms with Crippen molar-refractivity contribution in [1.29, 1.82) is 0 Å². The minimum atomic E-state index is 0.346. The number of ether oxygens (including phenoxy) is 2. The number of nitrogens with zero attached hydrogens (tertiary/aromatic N) is 2. The Balaban J connectivity index is 2.49. The Morgan fingerprint density at radius 1 is 1.05 bits per heavy atom. The van der Waals surface area contributed by atoms with Gasteiger partial charge in [-0.1, -0.05) is 23.2 Å². The number of halogens is 2. The van der Waals surface area contributed by atoms with E-state index in [4.69, 9.17) is 32.7 Å². The third-order valence-corrected chi connectivity index (χ3v) is 3.14. The smallest absolute Gasteiger partial charge is 0.148 e. The van der Waals surface area contributed by atoms with Gasteiger partial charge in [-0.25, -0.2) is 4.98 Å². The second-order valence-electron chi connectivity index (χ2n) is 3.50. The molecule has 0 saturated carbocycles. The molecule has 0 atom stereocenters. The van der Waals surface area contributed by atoms with Gasteiger partial charge in [-0.2, -0.15) is 0 Å². The van der Waals surface area contributed by atoms with Crippen molar-refractivity contribution in [2.45, 2.75) is 0 Å². The summed E-state index contributed by atoms with van der Waals surface area (Å²) in [7, 11) is 3.03. The summed E-state index contributed by atoms with van der Waals surface area (Å²) >= 11 is 12.4. The summed E-state index contributed by atoms with van der Waals surface area (Å²) in [5.41, 5.74) is 0.458. The van der Waals surface area contributed by atoms with Crippen LogP contribution in [0.15, 0.2) is 24.7 Å². The molecule has 1 heterocycles. The molecular weight excluding hydrogens is 289 g/mol. The van der Waals surface area contributed by atoms with Crippen LogP contribution < -0.4 is 14.8 Å². The highest BCUT2D eigenvalue weighted by molar-refractivity contribution is 6.41. The first kappa shape index (κ1) is 13.7. The monoisotopic (exact) mass is 299 g/mol. The molecule has 7 heteroatoms. The highest BCUT2D eigenvalue weighted by Crippen LogP contribution is 2.44. The molecule has 0 aliphatic carbocycles. The number of benzene rings is 1. The average Bonchev–Trinajstić information content (AvgIpc) is 2.45. The maximum absolute atomic E-state index is 6.22. The number of nitrogens with one attached hydrogen (secondary N) is 1. The van der Waals surface area contributed by atoms with Gasteiger partial charge >= 0.3 is 0 Å². The number of rotatable bonds is 4. The lowest BCUT2D eigenvalue weighted by molar-refractivity contribution is 0.395. The van der Waals surface area contributed by atoms with Crippen molar-refractivity contribution in [3.05, 3.63) is 34.7 Å². The molecule has 0 amide bonds. The zero-order valence-corrected chi connectivity index (χ0v) is 11.8. The normalized spacial score (nSPS) is 10.1. The molecule has 0 fully saturated rings. The molecule has 5 nitrogen and oxygen atoms in total. The molecule has 0 radical (unpaired) electrons. The van der Waals surface area contributed by atoms with Crippen LogP contribution in [-0.2, 0) is 0 Å². The number of aromatic nitrogens is 2. The quantitative estimate of drug-likeness (QED) is 0.936. The van der Waals surface area contributed by atoms with E-state index in [0.29, 0.717) is 33.0 Å². The van der Waals surface area contributed by atoms with Gasteiger partial charge in [0.05, 0.1) is 26.1 Å². The first-order valence-corrected chi connectivity index (χ1v) is 6.06. The Morgan fingerprint density at radius 2 is 1.68 bits per heavy atom. The Bertz CT molecular complexity index is 551. The second kappa shape index (κ2) is 5.95. The summed E-state index contributed by atoms with van der Waals surface area (Å²) in [6.07, 6.45) is 4.68. The number of hydrogen-bond acceptors (Lipinski definition) is 5. The Kier molecular flexibility index (Phi) is 4.29. The van der Waals surface area contributed by atoms with Crippen molar-refractivity contribution in [1.82, 2.24) is 9.97 Å². The summed E-state index contributed by atoms with van der Waals surface area (Å²) in [4.78, 5) is 8.05. The lowest BCUT2D eigenvalue weighted by Gasteiger charge is -2.15. The van der Waals surface area contributed by atoms with Crippen LogP contribution in [0.1, 0.15) is 0 Å². The van der Waals surface area contributed by atoms with E-state index in [9.17, 15) is 0 Å². The highest BCUT2D eigenvalue weighted by Gasteiger charge is 2.17. The van der Waals surface area contributed by atoms with Crippen LogP contribution in [0.25, 0.3) is 0 Å². The molecule has 1 aromatic heterocycles. The molecule has 2 rings (SSSR count). The van der Waals surface area contributed by atoms with E-state index in [-0.39, 0.29) is 0 Å². The van der Waals surface area contributed by atoms with E-state index in [1.165, 1.54) is 14.2 Å². The van der Waals surface area contributed by atoms with Crippen LogP contribution in [0.3, 0.4) is 0 Å². The molecule has 100 valence electrons. The van der Waals surface area contributed by atoms with Crippen molar-refractivity contribution in [2.24, 2.45) is 0 Å². The van der Waals surface area contributed by atoms with Crippen LogP contribution in [0.4, 0.5) is 11.5 Å². The van der Waals surface area contributed by atoms with Gasteiger partial charge in [0.15, 0.2) is 0 Å². The van der Waals surface area contributed by atoms with E-state index in [1.54, 1.807) is 24.7 Å². The van der Waals surface area contributed by atoms with E-state index in [1.807, 2.05) is 0 Å². The third-order valence-electron chi connectivity index (χ3n) is 2.39. The van der Waals surface area contributed by atoms with E-state index >= 15 is 0 Å². The van der Waals surface area contributed by atoms with Gasteiger partial charge in [0.25, 0.3) is 0 Å². The van der Waals surface area contributed by atoms with Gasteiger partial charge in [-0.15, -0.1) is 0 Å². The molecule has 0 saturated heterocycles. The molecule has 19 heavy (non-hydrogen) atoms. The first-order chi connectivity index (χ1) is 9.17. The van der Waals surface area contributed by atoms with Gasteiger partial charge in [0.1, 0.15) is 27.4 Å². The lowest BCUT2D eigenvalue weighted by atomic mass is 10.2. The summed E-state index contributed by atoms with van der Waals surface area (Å²) in [6, 6.07) is 1.62. The van der Waals surface area contributed by atoms with Crippen molar-refractivity contribution < 1.29 is 9.47 Å². The van der Waals surface area contributed by atoms with E-state index in [0.717, 1.165) is 0 Å². The number of anilines is 2. The maximum atomic E-state index is 6.22. The third kappa shape index (κ3) is 2.83. The Morgan fingerprint density at radius 3 is 2.16 bits per heavy atom. The SMILES string of the molecule is COc1cc(OC)c(Cl)c(Nc2cnccn2)c1Cl. The average molecular weight is 300 g/mol. The zero-order valence-electron chi connectivity index (χ0n) is 10.3. The number of methoxy groups -OCH3 is 2. The van der Waals surface area contributed by atoms with Crippen LogP contribution >= 0.6 is 23.2 Å². The summed E-state index contributed by atoms with van der Waals surface area (Å²) in [6.45, 7) is 0. The summed E-state index contributed by atoms with van der Waals surface area (Å²) < 4.78 is 10.3. The van der Waals surface area contributed by atoms with E-state index < -0.39 is 0 Å². The largest absolute Gasteiger partial charge is 0.495 e. The highest BCUT2D eigenvalue weighted by atomic mass is 35.5. The molecule has 0 aliphatic heterocycles. The summed E-state index contributed by atoms with van der Waals surface area (Å²) in [5.74, 6) is 1.42. The van der Waals surface area contributed by atoms with Gasteiger partial charge in [-0.3, -0.25) is 4.98 Å². The lowest BCUT2D eigenvalue weighted by Crippen LogP contribution is -1.99. The second-order valence-corrected chi connectivity index (χ2v) is 4.26. The number of hydrogen-bond donors (Lipinski definition) is 1. The van der Waals surface area contributed by atoms with Crippen molar-refractivity contribution in [3.8, 4) is 11.5 Å². The van der Waals surface area contributed by atoms with Crippen molar-refractivity contribution in [3.63, 3.8) is 0 Å². The standard InChI is InChI=1S/C12H11Cl2N3O2/c1-18-7-5-8(19-2)11(14)12(10(7)13)17-9-6-15-3-4-16-9/h3-6H,1-2H3,(H,16,17). The molecule has 0 unspecified atom stereocenters. The molecular formula is C12H11Cl2N3O2. The Labute approximate surface area is 120 Å². The van der Waals surface area contributed by atoms with Gasteiger partial charge in [0, 0.05) is 18.5 Å².